The minimum Gasteiger partial charge on any atom is -0.390 e. The molecule has 5 heteroatoms. The first-order valence-corrected chi connectivity index (χ1v) is 5.57. The van der Waals surface area contributed by atoms with Crippen molar-refractivity contribution in [2.24, 2.45) is 0 Å². The average molecular weight is 257 g/mol. The SMILES string of the molecule is CC(C)(O)Cc1cc2c(C(F)(F)F)cccc2[nH]1. The molecule has 0 spiro atoms. The van der Waals surface area contributed by atoms with Crippen LogP contribution in [0.1, 0.15) is 25.1 Å². The van der Waals surface area contributed by atoms with E-state index in [0.717, 1.165) is 6.07 Å². The Kier molecular flexibility index (Phi) is 2.89. The molecule has 0 unspecified atom stereocenters. The normalized spacial score (nSPS) is 13.2. The van der Waals surface area contributed by atoms with Crippen LogP contribution in [0.2, 0.25) is 0 Å². The fourth-order valence-corrected chi connectivity index (χ4v) is 2.02. The van der Waals surface area contributed by atoms with Crippen LogP contribution in [-0.2, 0) is 12.6 Å². The molecule has 2 nitrogen and oxygen atoms in total. The molecule has 0 saturated carbocycles. The Bertz CT molecular complexity index is 564. The van der Waals surface area contributed by atoms with Crippen molar-refractivity contribution in [2.45, 2.75) is 32.0 Å². The van der Waals surface area contributed by atoms with E-state index in [1.165, 1.54) is 12.1 Å². The molecule has 0 aliphatic carbocycles. The lowest BCUT2D eigenvalue weighted by molar-refractivity contribution is -0.136. The van der Waals surface area contributed by atoms with Crippen LogP contribution in [-0.4, -0.2) is 15.7 Å². The fraction of sp³-hybridized carbons (Fsp3) is 0.385. The molecule has 2 aromatic rings. The van der Waals surface area contributed by atoms with Gasteiger partial charge in [0.1, 0.15) is 0 Å². The number of aromatic amines is 1. The lowest BCUT2D eigenvalue weighted by Crippen LogP contribution is -2.21. The molecule has 0 aliphatic rings. The summed E-state index contributed by atoms with van der Waals surface area (Å²) >= 11 is 0. The van der Waals surface area contributed by atoms with E-state index < -0.39 is 17.3 Å². The van der Waals surface area contributed by atoms with E-state index in [0.29, 0.717) is 11.2 Å². The summed E-state index contributed by atoms with van der Waals surface area (Å²) in [6, 6.07) is 5.48. The van der Waals surface area contributed by atoms with E-state index in [4.69, 9.17) is 0 Å². The molecule has 0 saturated heterocycles. The van der Waals surface area contributed by atoms with Gasteiger partial charge in [0.25, 0.3) is 0 Å². The van der Waals surface area contributed by atoms with Gasteiger partial charge in [0.2, 0.25) is 0 Å². The molecular formula is C13H14F3NO. The maximum Gasteiger partial charge on any atom is 0.417 e. The number of benzene rings is 1. The van der Waals surface area contributed by atoms with Crippen molar-refractivity contribution in [3.05, 3.63) is 35.5 Å². The predicted molar refractivity (Wildman–Crippen MR) is 63.3 cm³/mol. The van der Waals surface area contributed by atoms with Crippen molar-refractivity contribution >= 4 is 10.9 Å². The highest BCUT2D eigenvalue weighted by atomic mass is 19.4. The number of aliphatic hydroxyl groups is 1. The molecule has 0 aliphatic heterocycles. The molecule has 2 rings (SSSR count). The van der Waals surface area contributed by atoms with Gasteiger partial charge in [-0.1, -0.05) is 6.07 Å². The summed E-state index contributed by atoms with van der Waals surface area (Å²) < 4.78 is 38.4. The van der Waals surface area contributed by atoms with Gasteiger partial charge >= 0.3 is 6.18 Å². The number of fused-ring (bicyclic) bond motifs is 1. The molecule has 1 heterocycles. The first-order chi connectivity index (χ1) is 8.17. The summed E-state index contributed by atoms with van der Waals surface area (Å²) in [5.74, 6) is 0. The lowest BCUT2D eigenvalue weighted by atomic mass is 10.0. The standard InChI is InChI=1S/C13H14F3NO/c1-12(2,18)7-8-6-9-10(13(14,15)16)4-3-5-11(9)17-8/h3-6,17-18H,7H2,1-2H3. The van der Waals surface area contributed by atoms with Gasteiger partial charge in [-0.25, -0.2) is 0 Å². The predicted octanol–water partition coefficient (Wildman–Crippen LogP) is 3.50. The van der Waals surface area contributed by atoms with Crippen molar-refractivity contribution in [3.63, 3.8) is 0 Å². The van der Waals surface area contributed by atoms with Crippen LogP contribution in [0, 0.1) is 0 Å². The summed E-state index contributed by atoms with van der Waals surface area (Å²) in [6.07, 6.45) is -4.09. The third-order valence-corrected chi connectivity index (χ3v) is 2.65. The van der Waals surface area contributed by atoms with E-state index in [1.54, 1.807) is 19.9 Å². The molecule has 0 bridgehead atoms. The summed E-state index contributed by atoms with van der Waals surface area (Å²) in [6.45, 7) is 3.23. The minimum atomic E-state index is -4.37. The zero-order chi connectivity index (χ0) is 13.6. The highest BCUT2D eigenvalue weighted by molar-refractivity contribution is 5.84. The monoisotopic (exact) mass is 257 g/mol. The van der Waals surface area contributed by atoms with Crippen LogP contribution < -0.4 is 0 Å². The highest BCUT2D eigenvalue weighted by Crippen LogP contribution is 2.35. The van der Waals surface area contributed by atoms with Gasteiger partial charge in [-0.05, 0) is 32.0 Å². The van der Waals surface area contributed by atoms with Crippen molar-refractivity contribution < 1.29 is 18.3 Å². The zero-order valence-corrected chi connectivity index (χ0v) is 10.1. The summed E-state index contributed by atoms with van der Waals surface area (Å²) in [4.78, 5) is 2.90. The Balaban J connectivity index is 2.52. The summed E-state index contributed by atoms with van der Waals surface area (Å²) in [7, 11) is 0. The highest BCUT2D eigenvalue weighted by Gasteiger charge is 2.32. The number of nitrogens with one attached hydrogen (secondary N) is 1. The van der Waals surface area contributed by atoms with Crippen molar-refractivity contribution in [1.82, 2.24) is 4.98 Å². The maximum atomic E-state index is 12.8. The number of H-pyrrole nitrogens is 1. The van der Waals surface area contributed by atoms with Crippen LogP contribution in [0.25, 0.3) is 10.9 Å². The first-order valence-electron chi connectivity index (χ1n) is 5.57. The van der Waals surface area contributed by atoms with Crippen LogP contribution in [0.15, 0.2) is 24.3 Å². The quantitative estimate of drug-likeness (QED) is 0.848. The average Bonchev–Trinajstić information content (AvgIpc) is 2.53. The number of alkyl halides is 3. The van der Waals surface area contributed by atoms with E-state index in [-0.39, 0.29) is 11.8 Å². The first kappa shape index (κ1) is 13.0. The summed E-state index contributed by atoms with van der Waals surface area (Å²) in [5.41, 5.74) is -0.587. The third-order valence-electron chi connectivity index (χ3n) is 2.65. The van der Waals surface area contributed by atoms with E-state index in [1.807, 2.05) is 0 Å². The van der Waals surface area contributed by atoms with Gasteiger partial charge in [-0.15, -0.1) is 0 Å². The Labute approximate surface area is 102 Å². The number of rotatable bonds is 2. The molecule has 18 heavy (non-hydrogen) atoms. The van der Waals surface area contributed by atoms with Crippen molar-refractivity contribution in [1.29, 1.82) is 0 Å². The zero-order valence-electron chi connectivity index (χ0n) is 10.1. The Morgan fingerprint density at radius 2 is 1.89 bits per heavy atom. The molecular weight excluding hydrogens is 243 g/mol. The van der Waals surface area contributed by atoms with Gasteiger partial charge in [0, 0.05) is 23.0 Å². The lowest BCUT2D eigenvalue weighted by Gasteiger charge is -2.15. The number of halogens is 3. The number of aromatic nitrogens is 1. The van der Waals surface area contributed by atoms with Gasteiger partial charge < -0.3 is 10.1 Å². The molecule has 98 valence electrons. The number of hydrogen-bond acceptors (Lipinski definition) is 1. The number of hydrogen-bond donors (Lipinski definition) is 2. The molecule has 0 amide bonds. The van der Waals surface area contributed by atoms with E-state index in [9.17, 15) is 18.3 Å². The van der Waals surface area contributed by atoms with Gasteiger partial charge in [0.15, 0.2) is 0 Å². The molecule has 2 N–H and O–H groups in total. The van der Waals surface area contributed by atoms with E-state index >= 15 is 0 Å². The molecule has 1 aromatic heterocycles. The van der Waals surface area contributed by atoms with Crippen LogP contribution in [0.5, 0.6) is 0 Å². The Hall–Kier alpha value is -1.49. The Morgan fingerprint density at radius 1 is 1.22 bits per heavy atom. The molecule has 0 atom stereocenters. The van der Waals surface area contributed by atoms with Gasteiger partial charge in [-0.3, -0.25) is 0 Å². The second-order valence-corrected chi connectivity index (χ2v) is 5.05. The van der Waals surface area contributed by atoms with E-state index in [2.05, 4.69) is 4.98 Å². The minimum absolute atomic E-state index is 0.143. The van der Waals surface area contributed by atoms with Crippen LogP contribution in [0.4, 0.5) is 13.2 Å². The molecule has 0 radical (unpaired) electrons. The molecule has 1 aromatic carbocycles. The maximum absolute atomic E-state index is 12.8. The van der Waals surface area contributed by atoms with Crippen LogP contribution >= 0.6 is 0 Å². The van der Waals surface area contributed by atoms with Crippen molar-refractivity contribution in [3.8, 4) is 0 Å². The van der Waals surface area contributed by atoms with Gasteiger partial charge in [-0.2, -0.15) is 13.2 Å². The smallest absolute Gasteiger partial charge is 0.390 e. The Morgan fingerprint density at radius 3 is 2.44 bits per heavy atom. The van der Waals surface area contributed by atoms with Crippen LogP contribution in [0.3, 0.4) is 0 Å². The fourth-order valence-electron chi connectivity index (χ4n) is 2.02. The summed E-state index contributed by atoms with van der Waals surface area (Å²) in [5, 5.41) is 9.83. The largest absolute Gasteiger partial charge is 0.417 e. The second-order valence-electron chi connectivity index (χ2n) is 5.05. The van der Waals surface area contributed by atoms with Crippen molar-refractivity contribution in [2.75, 3.05) is 0 Å². The third kappa shape index (κ3) is 2.67. The van der Waals surface area contributed by atoms with Gasteiger partial charge in [0.05, 0.1) is 11.2 Å². The molecule has 0 fully saturated rings. The second kappa shape index (κ2) is 4.02. The topological polar surface area (TPSA) is 36.0 Å².